The average Bonchev–Trinajstić information content (AvgIpc) is 2.85. The van der Waals surface area contributed by atoms with Crippen LogP contribution in [-0.2, 0) is 4.79 Å². The van der Waals surface area contributed by atoms with Gasteiger partial charge in [0.05, 0.1) is 6.04 Å². The van der Waals surface area contributed by atoms with Crippen molar-refractivity contribution in [3.05, 3.63) is 12.7 Å². The molecule has 2 atom stereocenters. The van der Waals surface area contributed by atoms with Crippen molar-refractivity contribution in [2.75, 3.05) is 32.7 Å². The molecule has 4 heteroatoms. The molecule has 1 aliphatic rings. The summed E-state index contributed by atoms with van der Waals surface area (Å²) in [5.41, 5.74) is 0. The number of hydrogen-bond donors (Lipinski definition) is 2. The van der Waals surface area contributed by atoms with E-state index in [4.69, 9.17) is 0 Å². The maximum absolute atomic E-state index is 11.6. The summed E-state index contributed by atoms with van der Waals surface area (Å²) in [5.74, 6) is 0.626. The summed E-state index contributed by atoms with van der Waals surface area (Å²) in [4.78, 5) is 14.1. The Labute approximate surface area is 111 Å². The molecular weight excluding hydrogens is 226 g/mol. The van der Waals surface area contributed by atoms with Crippen LogP contribution < -0.4 is 10.6 Å². The fourth-order valence-corrected chi connectivity index (χ4v) is 2.27. The number of nitrogens with zero attached hydrogens (tertiary/aromatic N) is 1. The highest BCUT2D eigenvalue weighted by atomic mass is 16.2. The van der Waals surface area contributed by atoms with Gasteiger partial charge in [-0.2, -0.15) is 0 Å². The highest BCUT2D eigenvalue weighted by molar-refractivity contribution is 5.81. The molecule has 4 nitrogen and oxygen atoms in total. The lowest BCUT2D eigenvalue weighted by Crippen LogP contribution is -2.44. The first-order chi connectivity index (χ1) is 8.63. The molecule has 0 aliphatic carbocycles. The predicted octanol–water partition coefficient (Wildman–Crippen LogP) is 0.999. The van der Waals surface area contributed by atoms with E-state index in [1.165, 1.54) is 25.9 Å². The van der Waals surface area contributed by atoms with Gasteiger partial charge in [0, 0.05) is 13.1 Å². The molecule has 0 bridgehead atoms. The van der Waals surface area contributed by atoms with Gasteiger partial charge in [-0.05, 0) is 45.3 Å². The molecule has 1 fully saturated rings. The molecule has 0 aromatic heterocycles. The van der Waals surface area contributed by atoms with Gasteiger partial charge in [-0.1, -0.05) is 13.0 Å². The number of nitrogens with one attached hydrogen (secondary N) is 2. The van der Waals surface area contributed by atoms with Crippen molar-refractivity contribution in [3.63, 3.8) is 0 Å². The molecule has 2 unspecified atom stereocenters. The van der Waals surface area contributed by atoms with Crippen molar-refractivity contribution in [2.24, 2.45) is 5.92 Å². The molecule has 1 heterocycles. The van der Waals surface area contributed by atoms with Crippen molar-refractivity contribution in [3.8, 4) is 0 Å². The summed E-state index contributed by atoms with van der Waals surface area (Å²) in [6.45, 7) is 12.8. The Kier molecular flexibility index (Phi) is 6.98. The van der Waals surface area contributed by atoms with E-state index >= 15 is 0 Å². The molecule has 1 saturated heterocycles. The van der Waals surface area contributed by atoms with Crippen LogP contribution in [0, 0.1) is 5.92 Å². The third-order valence-electron chi connectivity index (χ3n) is 3.35. The number of likely N-dealkylation sites (tertiary alicyclic amines) is 1. The Balaban J connectivity index is 2.13. The summed E-state index contributed by atoms with van der Waals surface area (Å²) >= 11 is 0. The minimum Gasteiger partial charge on any atom is -0.351 e. The Morgan fingerprint density at radius 1 is 1.39 bits per heavy atom. The van der Waals surface area contributed by atoms with Crippen LogP contribution in [0.5, 0.6) is 0 Å². The maximum atomic E-state index is 11.6. The van der Waals surface area contributed by atoms with Gasteiger partial charge in [-0.15, -0.1) is 6.58 Å². The lowest BCUT2D eigenvalue weighted by molar-refractivity contribution is -0.122. The van der Waals surface area contributed by atoms with Crippen molar-refractivity contribution in [2.45, 2.75) is 32.7 Å². The van der Waals surface area contributed by atoms with E-state index in [0.717, 1.165) is 13.1 Å². The molecule has 0 aromatic carbocycles. The summed E-state index contributed by atoms with van der Waals surface area (Å²) in [5, 5.41) is 6.09. The zero-order valence-corrected chi connectivity index (χ0v) is 11.7. The van der Waals surface area contributed by atoms with Gasteiger partial charge in [0.15, 0.2) is 0 Å². The van der Waals surface area contributed by atoms with Crippen LogP contribution in [0.3, 0.4) is 0 Å². The van der Waals surface area contributed by atoms with Crippen LogP contribution >= 0.6 is 0 Å². The SMILES string of the molecule is C=CCNC(=O)C(C)NCC(C)CN1CCCC1. The van der Waals surface area contributed by atoms with Crippen LogP contribution in [0.1, 0.15) is 26.7 Å². The fraction of sp³-hybridized carbons (Fsp3) is 0.786. The lowest BCUT2D eigenvalue weighted by atomic mass is 10.1. The van der Waals surface area contributed by atoms with E-state index in [1.54, 1.807) is 6.08 Å². The zero-order chi connectivity index (χ0) is 13.4. The first-order valence-electron chi connectivity index (χ1n) is 6.97. The zero-order valence-electron chi connectivity index (χ0n) is 11.7. The highest BCUT2D eigenvalue weighted by Gasteiger charge is 2.16. The second kappa shape index (κ2) is 8.27. The van der Waals surface area contributed by atoms with E-state index in [0.29, 0.717) is 12.5 Å². The van der Waals surface area contributed by atoms with Crippen LogP contribution in [0.2, 0.25) is 0 Å². The lowest BCUT2D eigenvalue weighted by Gasteiger charge is -2.22. The van der Waals surface area contributed by atoms with Crippen LogP contribution in [0.25, 0.3) is 0 Å². The van der Waals surface area contributed by atoms with Crippen LogP contribution in [0.15, 0.2) is 12.7 Å². The summed E-state index contributed by atoms with van der Waals surface area (Å²) in [7, 11) is 0. The Morgan fingerprint density at radius 3 is 2.67 bits per heavy atom. The van der Waals surface area contributed by atoms with Gasteiger partial charge in [-0.25, -0.2) is 0 Å². The van der Waals surface area contributed by atoms with Crippen molar-refractivity contribution >= 4 is 5.91 Å². The van der Waals surface area contributed by atoms with Crippen LogP contribution in [0.4, 0.5) is 0 Å². The molecular formula is C14H27N3O. The molecule has 104 valence electrons. The molecule has 0 saturated carbocycles. The molecule has 0 spiro atoms. The van der Waals surface area contributed by atoms with Gasteiger partial charge in [0.25, 0.3) is 0 Å². The number of hydrogen-bond acceptors (Lipinski definition) is 3. The second-order valence-corrected chi connectivity index (χ2v) is 5.28. The summed E-state index contributed by atoms with van der Waals surface area (Å²) in [6.07, 6.45) is 4.36. The van der Waals surface area contributed by atoms with Gasteiger partial charge in [0.2, 0.25) is 5.91 Å². The van der Waals surface area contributed by atoms with E-state index in [9.17, 15) is 4.79 Å². The van der Waals surface area contributed by atoms with E-state index in [2.05, 4.69) is 29.0 Å². The first kappa shape index (κ1) is 15.2. The second-order valence-electron chi connectivity index (χ2n) is 5.28. The molecule has 1 rings (SSSR count). The molecule has 1 aliphatic heterocycles. The fourth-order valence-electron chi connectivity index (χ4n) is 2.27. The van der Waals surface area contributed by atoms with E-state index in [-0.39, 0.29) is 11.9 Å². The minimum atomic E-state index is -0.133. The number of rotatable bonds is 8. The quantitative estimate of drug-likeness (QED) is 0.634. The number of carbonyl (C=O) groups is 1. The predicted molar refractivity (Wildman–Crippen MR) is 75.5 cm³/mol. The smallest absolute Gasteiger partial charge is 0.237 e. The minimum absolute atomic E-state index is 0.0447. The number of carbonyl (C=O) groups excluding carboxylic acids is 1. The average molecular weight is 253 g/mol. The molecule has 2 N–H and O–H groups in total. The van der Waals surface area contributed by atoms with Gasteiger partial charge in [0.1, 0.15) is 0 Å². The van der Waals surface area contributed by atoms with Gasteiger partial charge >= 0.3 is 0 Å². The van der Waals surface area contributed by atoms with Gasteiger partial charge in [-0.3, -0.25) is 4.79 Å². The normalized spacial score (nSPS) is 19.4. The third kappa shape index (κ3) is 5.65. The Bertz CT molecular complexity index is 262. The van der Waals surface area contributed by atoms with Gasteiger partial charge < -0.3 is 15.5 Å². The summed E-state index contributed by atoms with van der Waals surface area (Å²) in [6, 6.07) is -0.133. The first-order valence-corrected chi connectivity index (χ1v) is 6.97. The molecule has 1 amide bonds. The highest BCUT2D eigenvalue weighted by Crippen LogP contribution is 2.09. The van der Waals surface area contributed by atoms with Crippen molar-refractivity contribution < 1.29 is 4.79 Å². The standard InChI is InChI=1S/C14H27N3O/c1-4-7-15-14(18)13(3)16-10-12(2)11-17-8-5-6-9-17/h4,12-13,16H,1,5-11H2,2-3H3,(H,15,18). The number of amides is 1. The van der Waals surface area contributed by atoms with Crippen molar-refractivity contribution in [1.82, 2.24) is 15.5 Å². The Hall–Kier alpha value is -0.870. The third-order valence-corrected chi connectivity index (χ3v) is 3.35. The molecule has 0 aromatic rings. The monoisotopic (exact) mass is 253 g/mol. The van der Waals surface area contributed by atoms with E-state index < -0.39 is 0 Å². The Morgan fingerprint density at radius 2 is 2.06 bits per heavy atom. The molecule has 0 radical (unpaired) electrons. The van der Waals surface area contributed by atoms with E-state index in [1.807, 2.05) is 6.92 Å². The van der Waals surface area contributed by atoms with Crippen molar-refractivity contribution in [1.29, 1.82) is 0 Å². The maximum Gasteiger partial charge on any atom is 0.237 e. The molecule has 18 heavy (non-hydrogen) atoms. The topological polar surface area (TPSA) is 44.4 Å². The summed E-state index contributed by atoms with van der Waals surface area (Å²) < 4.78 is 0. The largest absolute Gasteiger partial charge is 0.351 e. The van der Waals surface area contributed by atoms with Crippen LogP contribution in [-0.4, -0.2) is 49.6 Å².